The van der Waals surface area contributed by atoms with Gasteiger partial charge in [-0.15, -0.1) is 0 Å². The topological polar surface area (TPSA) is 61.5 Å². The third-order valence-electron chi connectivity index (χ3n) is 2.02. The monoisotopic (exact) mass is 221 g/mol. The Balaban J connectivity index is 2.71. The summed E-state index contributed by atoms with van der Waals surface area (Å²) in [6.07, 6.45) is 0. The van der Waals surface area contributed by atoms with Gasteiger partial charge in [-0.2, -0.15) is 0 Å². The summed E-state index contributed by atoms with van der Waals surface area (Å²) in [4.78, 5) is 11.2. The highest BCUT2D eigenvalue weighted by Crippen LogP contribution is 2.18. The van der Waals surface area contributed by atoms with Crippen LogP contribution in [0.15, 0.2) is 30.8 Å². The lowest BCUT2D eigenvalue weighted by molar-refractivity contribution is -0.133. The number of rotatable bonds is 5. The lowest BCUT2D eigenvalue weighted by Crippen LogP contribution is -2.10. The lowest BCUT2D eigenvalue weighted by Gasteiger charge is -2.06. The molecule has 0 aromatic heterocycles. The molecule has 0 aliphatic rings. The van der Waals surface area contributed by atoms with E-state index in [2.05, 4.69) is 11.3 Å². The van der Waals surface area contributed by atoms with Crippen molar-refractivity contribution in [2.24, 2.45) is 5.73 Å². The molecule has 4 nitrogen and oxygen atoms in total. The van der Waals surface area contributed by atoms with E-state index in [4.69, 9.17) is 10.5 Å². The van der Waals surface area contributed by atoms with Gasteiger partial charge >= 0.3 is 5.97 Å². The number of nitrogens with two attached hydrogens (primary N) is 1. The zero-order valence-corrected chi connectivity index (χ0v) is 9.23. The minimum atomic E-state index is -0.435. The average molecular weight is 221 g/mol. The van der Waals surface area contributed by atoms with Crippen LogP contribution in [0, 0.1) is 0 Å². The first kappa shape index (κ1) is 12.3. The smallest absolute Gasteiger partial charge is 0.337 e. The molecule has 0 bridgehead atoms. The zero-order valence-electron chi connectivity index (χ0n) is 9.23. The number of benzene rings is 1. The van der Waals surface area contributed by atoms with Crippen LogP contribution in [0.2, 0.25) is 0 Å². The van der Waals surface area contributed by atoms with Crippen LogP contribution >= 0.6 is 0 Å². The summed E-state index contributed by atoms with van der Waals surface area (Å²) in [5, 5.41) is 0. The SMILES string of the molecule is C=C(C(=O)OC)c1ccc(OCCN)cc1. The van der Waals surface area contributed by atoms with Gasteiger partial charge in [-0.05, 0) is 17.7 Å². The zero-order chi connectivity index (χ0) is 12.0. The van der Waals surface area contributed by atoms with Crippen molar-refractivity contribution in [2.75, 3.05) is 20.3 Å². The minimum absolute atomic E-state index is 0.327. The first-order valence-electron chi connectivity index (χ1n) is 4.89. The molecule has 0 saturated carbocycles. The molecule has 0 unspecified atom stereocenters. The standard InChI is InChI=1S/C12H15NO3/c1-9(12(14)15-2)10-3-5-11(6-4-10)16-8-7-13/h3-6H,1,7-8,13H2,2H3. The molecule has 16 heavy (non-hydrogen) atoms. The van der Waals surface area contributed by atoms with Gasteiger partial charge in [-0.25, -0.2) is 4.79 Å². The second kappa shape index (κ2) is 5.92. The van der Waals surface area contributed by atoms with E-state index >= 15 is 0 Å². The first-order chi connectivity index (χ1) is 7.69. The molecule has 86 valence electrons. The van der Waals surface area contributed by atoms with Crippen LogP contribution in [0.4, 0.5) is 0 Å². The van der Waals surface area contributed by atoms with Crippen LogP contribution in [0.3, 0.4) is 0 Å². The van der Waals surface area contributed by atoms with E-state index < -0.39 is 5.97 Å². The molecule has 4 heteroatoms. The highest BCUT2D eigenvalue weighted by atomic mass is 16.5. The van der Waals surface area contributed by atoms with Crippen LogP contribution in [0.25, 0.3) is 5.57 Å². The minimum Gasteiger partial charge on any atom is -0.492 e. The summed E-state index contributed by atoms with van der Waals surface area (Å²) in [5.74, 6) is 0.280. The van der Waals surface area contributed by atoms with Gasteiger partial charge in [0, 0.05) is 6.54 Å². The van der Waals surface area contributed by atoms with E-state index in [9.17, 15) is 4.79 Å². The fraction of sp³-hybridized carbons (Fsp3) is 0.250. The van der Waals surface area contributed by atoms with Crippen molar-refractivity contribution < 1.29 is 14.3 Å². The van der Waals surface area contributed by atoms with E-state index in [1.807, 2.05) is 0 Å². The summed E-state index contributed by atoms with van der Waals surface area (Å²) < 4.78 is 9.88. The van der Waals surface area contributed by atoms with Crippen molar-refractivity contribution in [1.29, 1.82) is 0 Å². The van der Waals surface area contributed by atoms with Crippen molar-refractivity contribution in [3.63, 3.8) is 0 Å². The van der Waals surface area contributed by atoms with Gasteiger partial charge in [0.05, 0.1) is 12.7 Å². The second-order valence-electron chi connectivity index (χ2n) is 3.13. The quantitative estimate of drug-likeness (QED) is 0.599. The molecule has 1 rings (SSSR count). The molecule has 2 N–H and O–H groups in total. The summed E-state index contributed by atoms with van der Waals surface area (Å²) >= 11 is 0. The molecule has 0 spiro atoms. The van der Waals surface area contributed by atoms with Gasteiger partial charge in [-0.3, -0.25) is 0 Å². The van der Waals surface area contributed by atoms with E-state index in [0.29, 0.717) is 30.0 Å². The Bertz CT molecular complexity index is 370. The molecule has 0 radical (unpaired) electrons. The Hall–Kier alpha value is -1.81. The molecule has 0 atom stereocenters. The number of methoxy groups -OCH3 is 1. The molecule has 0 heterocycles. The highest BCUT2D eigenvalue weighted by molar-refractivity contribution is 6.15. The predicted molar refractivity (Wildman–Crippen MR) is 62.0 cm³/mol. The number of esters is 1. The Labute approximate surface area is 94.7 Å². The Morgan fingerprint density at radius 3 is 2.50 bits per heavy atom. The summed E-state index contributed by atoms with van der Waals surface area (Å²) in [6, 6.07) is 7.04. The molecular weight excluding hydrogens is 206 g/mol. The van der Waals surface area contributed by atoms with Crippen molar-refractivity contribution in [3.05, 3.63) is 36.4 Å². The fourth-order valence-corrected chi connectivity index (χ4v) is 1.17. The molecule has 0 aliphatic carbocycles. The number of carbonyl (C=O) groups is 1. The molecule has 1 aromatic carbocycles. The summed E-state index contributed by atoms with van der Waals surface area (Å²) in [6.45, 7) is 4.59. The Morgan fingerprint density at radius 1 is 1.38 bits per heavy atom. The van der Waals surface area contributed by atoms with Crippen molar-refractivity contribution >= 4 is 11.5 Å². The molecule has 0 saturated heterocycles. The Kier molecular flexibility index (Phi) is 4.54. The molecule has 0 fully saturated rings. The summed E-state index contributed by atoms with van der Waals surface area (Å²) in [5.41, 5.74) is 6.35. The number of hydrogen-bond acceptors (Lipinski definition) is 4. The maximum atomic E-state index is 11.2. The number of hydrogen-bond donors (Lipinski definition) is 1. The largest absolute Gasteiger partial charge is 0.492 e. The lowest BCUT2D eigenvalue weighted by atomic mass is 10.1. The second-order valence-corrected chi connectivity index (χ2v) is 3.13. The predicted octanol–water partition coefficient (Wildman–Crippen LogP) is 1.21. The summed E-state index contributed by atoms with van der Waals surface area (Å²) in [7, 11) is 1.33. The van der Waals surface area contributed by atoms with Gasteiger partial charge in [0.15, 0.2) is 0 Å². The highest BCUT2D eigenvalue weighted by Gasteiger charge is 2.08. The van der Waals surface area contributed by atoms with Gasteiger partial charge in [0.2, 0.25) is 0 Å². The fourth-order valence-electron chi connectivity index (χ4n) is 1.17. The number of ether oxygens (including phenoxy) is 2. The Morgan fingerprint density at radius 2 is 2.00 bits per heavy atom. The average Bonchev–Trinajstić information content (AvgIpc) is 2.35. The molecule has 0 amide bonds. The van der Waals surface area contributed by atoms with Gasteiger partial charge in [-0.1, -0.05) is 18.7 Å². The van der Waals surface area contributed by atoms with Crippen molar-refractivity contribution in [2.45, 2.75) is 0 Å². The van der Waals surface area contributed by atoms with E-state index in [1.54, 1.807) is 24.3 Å². The molecule has 1 aromatic rings. The van der Waals surface area contributed by atoms with E-state index in [-0.39, 0.29) is 0 Å². The first-order valence-corrected chi connectivity index (χ1v) is 4.89. The van der Waals surface area contributed by atoms with Crippen LogP contribution in [0.1, 0.15) is 5.56 Å². The maximum absolute atomic E-state index is 11.2. The van der Waals surface area contributed by atoms with Crippen LogP contribution in [-0.4, -0.2) is 26.2 Å². The van der Waals surface area contributed by atoms with Crippen LogP contribution in [0.5, 0.6) is 5.75 Å². The third kappa shape index (κ3) is 3.10. The maximum Gasteiger partial charge on any atom is 0.337 e. The van der Waals surface area contributed by atoms with Gasteiger partial charge in [0.25, 0.3) is 0 Å². The normalized spacial score (nSPS) is 9.62. The molecular formula is C12H15NO3. The number of carbonyl (C=O) groups excluding carboxylic acids is 1. The van der Waals surface area contributed by atoms with E-state index in [0.717, 1.165) is 0 Å². The van der Waals surface area contributed by atoms with Crippen molar-refractivity contribution in [1.82, 2.24) is 0 Å². The van der Waals surface area contributed by atoms with Crippen molar-refractivity contribution in [3.8, 4) is 5.75 Å². The molecule has 0 aliphatic heterocycles. The van der Waals surface area contributed by atoms with Gasteiger partial charge < -0.3 is 15.2 Å². The van der Waals surface area contributed by atoms with Gasteiger partial charge in [0.1, 0.15) is 12.4 Å². The van der Waals surface area contributed by atoms with E-state index in [1.165, 1.54) is 7.11 Å². The van der Waals surface area contributed by atoms with Crippen LogP contribution < -0.4 is 10.5 Å². The third-order valence-corrected chi connectivity index (χ3v) is 2.02. The van der Waals surface area contributed by atoms with Crippen LogP contribution in [-0.2, 0) is 9.53 Å².